The molecule has 0 spiro atoms. The van der Waals surface area contributed by atoms with Gasteiger partial charge in [-0.2, -0.15) is 0 Å². The Hall–Kier alpha value is -1.26. The smallest absolute Gasteiger partial charge is 0.122 e. The molecule has 0 unspecified atom stereocenters. The second-order valence-corrected chi connectivity index (χ2v) is 6.02. The molecule has 1 fully saturated rings. The fraction of sp³-hybridized carbons (Fsp3) is 0.400. The largest absolute Gasteiger partial charge is 0.333 e. The first-order valence-electron chi connectivity index (χ1n) is 6.83. The monoisotopic (exact) mass is 273 g/mol. The Morgan fingerprint density at radius 2 is 2.11 bits per heavy atom. The molecule has 1 heterocycles. The second kappa shape index (κ2) is 6.26. The molecule has 100 valence electrons. The summed E-state index contributed by atoms with van der Waals surface area (Å²) < 4.78 is 2.26. The van der Waals surface area contributed by atoms with E-state index in [1.54, 1.807) is 0 Å². The van der Waals surface area contributed by atoms with Crippen molar-refractivity contribution in [1.29, 1.82) is 0 Å². The van der Waals surface area contributed by atoms with Gasteiger partial charge in [-0.3, -0.25) is 0 Å². The minimum atomic E-state index is 0.740. The summed E-state index contributed by atoms with van der Waals surface area (Å²) in [5.74, 6) is 2.23. The molecule has 0 radical (unpaired) electrons. The van der Waals surface area contributed by atoms with Crippen LogP contribution < -0.4 is 5.32 Å². The summed E-state index contributed by atoms with van der Waals surface area (Å²) in [6.07, 6.45) is 6.63. The fourth-order valence-corrected chi connectivity index (χ4v) is 2.89. The van der Waals surface area contributed by atoms with Crippen LogP contribution in [0.15, 0.2) is 47.6 Å². The van der Waals surface area contributed by atoms with Gasteiger partial charge in [-0.25, -0.2) is 4.98 Å². The highest BCUT2D eigenvalue weighted by Gasteiger charge is 2.20. The van der Waals surface area contributed by atoms with Crippen molar-refractivity contribution in [3.63, 3.8) is 0 Å². The maximum Gasteiger partial charge on any atom is 0.122 e. The maximum atomic E-state index is 4.43. The first-order valence-corrected chi connectivity index (χ1v) is 7.81. The van der Waals surface area contributed by atoms with E-state index in [0.717, 1.165) is 30.7 Å². The Morgan fingerprint density at radius 3 is 2.89 bits per heavy atom. The average molecular weight is 273 g/mol. The molecule has 1 aromatic carbocycles. The molecule has 1 saturated carbocycles. The fourth-order valence-electron chi connectivity index (χ4n) is 2.01. The molecular weight excluding hydrogens is 254 g/mol. The van der Waals surface area contributed by atoms with E-state index >= 15 is 0 Å². The molecule has 1 aromatic heterocycles. The van der Waals surface area contributed by atoms with Crippen LogP contribution in [-0.4, -0.2) is 21.3 Å². The van der Waals surface area contributed by atoms with Crippen LogP contribution in [0.5, 0.6) is 0 Å². The van der Waals surface area contributed by atoms with Crippen LogP contribution in [0.25, 0.3) is 0 Å². The van der Waals surface area contributed by atoms with Gasteiger partial charge < -0.3 is 9.88 Å². The van der Waals surface area contributed by atoms with Crippen molar-refractivity contribution >= 4 is 11.8 Å². The molecule has 0 aliphatic heterocycles. The van der Waals surface area contributed by atoms with Crippen molar-refractivity contribution in [2.75, 3.05) is 5.75 Å². The van der Waals surface area contributed by atoms with Crippen molar-refractivity contribution in [3.8, 4) is 0 Å². The van der Waals surface area contributed by atoms with Crippen LogP contribution in [0.2, 0.25) is 0 Å². The quantitative estimate of drug-likeness (QED) is 0.787. The summed E-state index contributed by atoms with van der Waals surface area (Å²) in [6, 6.07) is 11.3. The minimum absolute atomic E-state index is 0.740. The van der Waals surface area contributed by atoms with Crippen LogP contribution >= 0.6 is 11.8 Å². The van der Waals surface area contributed by atoms with Crippen LogP contribution in [0, 0.1) is 0 Å². The number of aromatic nitrogens is 2. The van der Waals surface area contributed by atoms with Crippen LogP contribution in [-0.2, 0) is 13.1 Å². The highest BCUT2D eigenvalue weighted by molar-refractivity contribution is 7.99. The molecule has 2 aromatic rings. The van der Waals surface area contributed by atoms with E-state index in [-0.39, 0.29) is 0 Å². The Morgan fingerprint density at radius 1 is 1.26 bits per heavy atom. The molecule has 19 heavy (non-hydrogen) atoms. The van der Waals surface area contributed by atoms with Crippen molar-refractivity contribution < 1.29 is 0 Å². The zero-order valence-electron chi connectivity index (χ0n) is 11.0. The zero-order valence-corrected chi connectivity index (χ0v) is 11.8. The summed E-state index contributed by atoms with van der Waals surface area (Å²) in [5, 5.41) is 3.52. The Labute approximate surface area is 118 Å². The lowest BCUT2D eigenvalue weighted by Crippen LogP contribution is -2.19. The number of thioether (sulfide) groups is 1. The van der Waals surface area contributed by atoms with E-state index in [1.807, 2.05) is 18.0 Å². The topological polar surface area (TPSA) is 29.9 Å². The maximum absolute atomic E-state index is 4.43. The van der Waals surface area contributed by atoms with Gasteiger partial charge in [-0.15, -0.1) is 11.8 Å². The van der Waals surface area contributed by atoms with Crippen LogP contribution in [0.1, 0.15) is 18.7 Å². The summed E-state index contributed by atoms with van der Waals surface area (Å²) >= 11 is 1.90. The lowest BCUT2D eigenvalue weighted by Gasteiger charge is -2.08. The van der Waals surface area contributed by atoms with E-state index < -0.39 is 0 Å². The number of nitrogens with one attached hydrogen (secondary N) is 1. The predicted molar refractivity (Wildman–Crippen MR) is 79.3 cm³/mol. The van der Waals surface area contributed by atoms with Crippen molar-refractivity contribution in [1.82, 2.24) is 14.9 Å². The predicted octanol–water partition coefficient (Wildman–Crippen LogP) is 2.93. The van der Waals surface area contributed by atoms with Crippen molar-refractivity contribution in [2.24, 2.45) is 0 Å². The SMILES string of the molecule is c1ccc(SCCn2ccnc2CNC2CC2)cc1. The third-order valence-electron chi connectivity index (χ3n) is 3.27. The standard InChI is InChI=1S/C15H19N3S/c1-2-4-14(5-3-1)19-11-10-18-9-8-16-15(18)12-17-13-6-7-13/h1-5,8-9,13,17H,6-7,10-12H2. The first kappa shape index (κ1) is 12.8. The normalized spacial score (nSPS) is 14.7. The minimum Gasteiger partial charge on any atom is -0.333 e. The second-order valence-electron chi connectivity index (χ2n) is 4.85. The van der Waals surface area contributed by atoms with Crippen molar-refractivity contribution in [3.05, 3.63) is 48.5 Å². The van der Waals surface area contributed by atoms with Gasteiger partial charge in [-0.05, 0) is 25.0 Å². The molecule has 3 nitrogen and oxygen atoms in total. The number of benzene rings is 1. The lowest BCUT2D eigenvalue weighted by atomic mass is 10.4. The Balaban J connectivity index is 1.47. The summed E-state index contributed by atoms with van der Waals surface area (Å²) in [4.78, 5) is 5.77. The number of hydrogen-bond acceptors (Lipinski definition) is 3. The third-order valence-corrected chi connectivity index (χ3v) is 4.26. The molecule has 1 aliphatic carbocycles. The highest BCUT2D eigenvalue weighted by Crippen LogP contribution is 2.19. The molecule has 3 rings (SSSR count). The zero-order chi connectivity index (χ0) is 12.9. The van der Waals surface area contributed by atoms with Gasteiger partial charge in [-0.1, -0.05) is 18.2 Å². The molecule has 4 heteroatoms. The van der Waals surface area contributed by atoms with Crippen LogP contribution in [0.4, 0.5) is 0 Å². The molecule has 0 amide bonds. The molecular formula is C15H19N3S. The molecule has 0 saturated heterocycles. The van der Waals surface area contributed by atoms with Gasteiger partial charge in [0.1, 0.15) is 5.82 Å². The number of imidazole rings is 1. The summed E-state index contributed by atoms with van der Waals surface area (Å²) in [6.45, 7) is 1.91. The highest BCUT2D eigenvalue weighted by atomic mass is 32.2. The van der Waals surface area contributed by atoms with E-state index in [1.165, 1.54) is 17.7 Å². The van der Waals surface area contributed by atoms with Gasteiger partial charge in [0, 0.05) is 35.6 Å². The van der Waals surface area contributed by atoms with Crippen LogP contribution in [0.3, 0.4) is 0 Å². The summed E-state index contributed by atoms with van der Waals surface area (Å²) in [5.41, 5.74) is 0. The van der Waals surface area contributed by atoms with Gasteiger partial charge in [0.25, 0.3) is 0 Å². The van der Waals surface area contributed by atoms with E-state index in [4.69, 9.17) is 0 Å². The first-order chi connectivity index (χ1) is 9.42. The van der Waals surface area contributed by atoms with Gasteiger partial charge in [0.2, 0.25) is 0 Å². The molecule has 1 aliphatic rings. The molecule has 0 atom stereocenters. The molecule has 0 bridgehead atoms. The van der Waals surface area contributed by atoms with E-state index in [2.05, 4.69) is 51.4 Å². The number of nitrogens with zero attached hydrogens (tertiary/aromatic N) is 2. The number of aryl methyl sites for hydroxylation is 1. The summed E-state index contributed by atoms with van der Waals surface area (Å²) in [7, 11) is 0. The number of hydrogen-bond donors (Lipinski definition) is 1. The van der Waals surface area contributed by atoms with E-state index in [9.17, 15) is 0 Å². The van der Waals surface area contributed by atoms with Gasteiger partial charge in [0.05, 0.1) is 6.54 Å². The lowest BCUT2D eigenvalue weighted by molar-refractivity contribution is 0.612. The van der Waals surface area contributed by atoms with Gasteiger partial charge in [0.15, 0.2) is 0 Å². The van der Waals surface area contributed by atoms with E-state index in [0.29, 0.717) is 0 Å². The Kier molecular flexibility index (Phi) is 4.20. The average Bonchev–Trinajstić information content (AvgIpc) is 3.17. The van der Waals surface area contributed by atoms with Gasteiger partial charge >= 0.3 is 0 Å². The van der Waals surface area contributed by atoms with Crippen molar-refractivity contribution in [2.45, 2.75) is 36.9 Å². The third kappa shape index (κ3) is 3.85. The molecule has 1 N–H and O–H groups in total. The number of rotatable bonds is 7. The Bertz CT molecular complexity index is 505.